The van der Waals surface area contributed by atoms with E-state index in [1.165, 1.54) is 11.1 Å². The standard InChI is InChI=1S/C22H21N5O/c1-15-3-7-17(8-4-15)14-27-12-11-21(26-27)23-22(28)20-13-19(24-25-20)18-9-5-16(2)6-10-18/h3-13H,14H2,1-2H3,(H,24,25)(H,23,26,28). The van der Waals surface area contributed by atoms with Crippen molar-refractivity contribution in [3.63, 3.8) is 0 Å². The number of aryl methyl sites for hydroxylation is 2. The van der Waals surface area contributed by atoms with E-state index in [1.54, 1.807) is 16.8 Å². The molecule has 0 unspecified atom stereocenters. The Balaban J connectivity index is 1.42. The Morgan fingerprint density at radius 3 is 2.39 bits per heavy atom. The highest BCUT2D eigenvalue weighted by Gasteiger charge is 2.12. The predicted molar refractivity (Wildman–Crippen MR) is 109 cm³/mol. The fourth-order valence-electron chi connectivity index (χ4n) is 2.89. The van der Waals surface area contributed by atoms with Crippen LogP contribution in [-0.4, -0.2) is 25.9 Å². The lowest BCUT2D eigenvalue weighted by Crippen LogP contribution is -2.13. The normalized spacial score (nSPS) is 10.8. The van der Waals surface area contributed by atoms with Gasteiger partial charge in [0.15, 0.2) is 5.82 Å². The number of benzene rings is 2. The van der Waals surface area contributed by atoms with Gasteiger partial charge in [-0.2, -0.15) is 10.2 Å². The Bertz CT molecular complexity index is 1090. The van der Waals surface area contributed by atoms with Gasteiger partial charge in [-0.1, -0.05) is 59.7 Å². The summed E-state index contributed by atoms with van der Waals surface area (Å²) >= 11 is 0. The number of carbonyl (C=O) groups is 1. The largest absolute Gasteiger partial charge is 0.304 e. The third-order valence-electron chi connectivity index (χ3n) is 4.52. The molecule has 2 aromatic carbocycles. The number of aromatic amines is 1. The van der Waals surface area contributed by atoms with Crippen LogP contribution in [-0.2, 0) is 6.54 Å². The van der Waals surface area contributed by atoms with Gasteiger partial charge in [-0.3, -0.25) is 14.6 Å². The topological polar surface area (TPSA) is 75.6 Å². The number of hydrogen-bond acceptors (Lipinski definition) is 3. The molecule has 2 aromatic heterocycles. The van der Waals surface area contributed by atoms with E-state index < -0.39 is 0 Å². The highest BCUT2D eigenvalue weighted by atomic mass is 16.2. The van der Waals surface area contributed by atoms with Crippen LogP contribution in [0.1, 0.15) is 27.2 Å². The van der Waals surface area contributed by atoms with E-state index in [9.17, 15) is 4.79 Å². The number of rotatable bonds is 5. The van der Waals surface area contributed by atoms with Crippen molar-refractivity contribution in [2.45, 2.75) is 20.4 Å². The lowest BCUT2D eigenvalue weighted by atomic mass is 10.1. The number of anilines is 1. The highest BCUT2D eigenvalue weighted by molar-refractivity contribution is 6.02. The summed E-state index contributed by atoms with van der Waals surface area (Å²) in [5.74, 6) is 0.232. The Kier molecular flexibility index (Phi) is 4.76. The van der Waals surface area contributed by atoms with Crippen molar-refractivity contribution in [1.82, 2.24) is 20.0 Å². The zero-order chi connectivity index (χ0) is 19.5. The van der Waals surface area contributed by atoms with Gasteiger partial charge < -0.3 is 5.32 Å². The number of hydrogen-bond donors (Lipinski definition) is 2. The number of aromatic nitrogens is 4. The van der Waals surface area contributed by atoms with E-state index in [4.69, 9.17) is 0 Å². The fourth-order valence-corrected chi connectivity index (χ4v) is 2.89. The SMILES string of the molecule is Cc1ccc(Cn2ccc(NC(=O)c3cc(-c4ccc(C)cc4)n[nH]3)n2)cc1. The van der Waals surface area contributed by atoms with Gasteiger partial charge in [-0.15, -0.1) is 0 Å². The smallest absolute Gasteiger partial charge is 0.274 e. The number of carbonyl (C=O) groups excluding carboxylic acids is 1. The molecular weight excluding hydrogens is 350 g/mol. The number of nitrogens with zero attached hydrogens (tertiary/aromatic N) is 3. The molecule has 2 N–H and O–H groups in total. The van der Waals surface area contributed by atoms with Crippen LogP contribution in [0.15, 0.2) is 66.9 Å². The summed E-state index contributed by atoms with van der Waals surface area (Å²) in [6, 6.07) is 19.8. The van der Waals surface area contributed by atoms with E-state index in [2.05, 4.69) is 51.8 Å². The van der Waals surface area contributed by atoms with Gasteiger partial charge in [0.2, 0.25) is 0 Å². The second-order valence-corrected chi connectivity index (χ2v) is 6.87. The van der Waals surface area contributed by atoms with E-state index in [0.717, 1.165) is 16.8 Å². The molecule has 0 atom stereocenters. The summed E-state index contributed by atoms with van der Waals surface area (Å²) in [6.07, 6.45) is 1.85. The first-order valence-electron chi connectivity index (χ1n) is 9.10. The van der Waals surface area contributed by atoms with Crippen LogP contribution < -0.4 is 5.32 Å². The molecule has 0 bridgehead atoms. The maximum absolute atomic E-state index is 12.5. The minimum Gasteiger partial charge on any atom is -0.304 e. The zero-order valence-electron chi connectivity index (χ0n) is 15.8. The summed E-state index contributed by atoms with van der Waals surface area (Å²) in [5, 5.41) is 14.3. The Morgan fingerprint density at radius 1 is 1.00 bits per heavy atom. The van der Waals surface area contributed by atoms with Gasteiger partial charge in [0.1, 0.15) is 5.69 Å². The summed E-state index contributed by atoms with van der Waals surface area (Å²) in [6.45, 7) is 4.74. The summed E-state index contributed by atoms with van der Waals surface area (Å²) in [4.78, 5) is 12.5. The molecule has 6 heteroatoms. The van der Waals surface area contributed by atoms with Gasteiger partial charge in [0.05, 0.1) is 12.2 Å². The second kappa shape index (κ2) is 7.52. The molecule has 1 amide bonds. The molecular formula is C22H21N5O. The molecule has 0 saturated heterocycles. The first-order valence-corrected chi connectivity index (χ1v) is 9.10. The summed E-state index contributed by atoms with van der Waals surface area (Å²) in [7, 11) is 0. The van der Waals surface area contributed by atoms with E-state index >= 15 is 0 Å². The molecule has 0 spiro atoms. The van der Waals surface area contributed by atoms with Crippen LogP contribution in [0.4, 0.5) is 5.82 Å². The van der Waals surface area contributed by atoms with Gasteiger partial charge in [0.25, 0.3) is 5.91 Å². The average Bonchev–Trinajstić information content (AvgIpc) is 3.34. The van der Waals surface area contributed by atoms with Crippen molar-refractivity contribution >= 4 is 11.7 Å². The average molecular weight is 371 g/mol. The van der Waals surface area contributed by atoms with E-state index in [0.29, 0.717) is 18.1 Å². The van der Waals surface area contributed by atoms with Crippen LogP contribution in [0.3, 0.4) is 0 Å². The van der Waals surface area contributed by atoms with Crippen molar-refractivity contribution in [3.05, 3.63) is 89.2 Å². The lowest BCUT2D eigenvalue weighted by molar-refractivity contribution is 0.102. The van der Waals surface area contributed by atoms with Crippen molar-refractivity contribution in [2.24, 2.45) is 0 Å². The number of H-pyrrole nitrogens is 1. The van der Waals surface area contributed by atoms with Gasteiger partial charge in [-0.05, 0) is 25.5 Å². The fraction of sp³-hybridized carbons (Fsp3) is 0.136. The van der Waals surface area contributed by atoms with Gasteiger partial charge in [-0.25, -0.2) is 0 Å². The maximum Gasteiger partial charge on any atom is 0.274 e. The molecule has 0 fully saturated rings. The molecule has 0 aliphatic carbocycles. The van der Waals surface area contributed by atoms with Crippen LogP contribution in [0.25, 0.3) is 11.3 Å². The lowest BCUT2D eigenvalue weighted by Gasteiger charge is -2.03. The summed E-state index contributed by atoms with van der Waals surface area (Å²) < 4.78 is 1.80. The molecule has 4 aromatic rings. The molecule has 6 nitrogen and oxygen atoms in total. The van der Waals surface area contributed by atoms with E-state index in [-0.39, 0.29) is 5.91 Å². The molecule has 140 valence electrons. The highest BCUT2D eigenvalue weighted by Crippen LogP contribution is 2.18. The van der Waals surface area contributed by atoms with Crippen LogP contribution in [0, 0.1) is 13.8 Å². The monoisotopic (exact) mass is 371 g/mol. The van der Waals surface area contributed by atoms with Gasteiger partial charge >= 0.3 is 0 Å². The Labute approximate surface area is 163 Å². The molecule has 2 heterocycles. The van der Waals surface area contributed by atoms with Crippen molar-refractivity contribution in [1.29, 1.82) is 0 Å². The zero-order valence-corrected chi connectivity index (χ0v) is 15.8. The molecule has 0 radical (unpaired) electrons. The Morgan fingerprint density at radius 2 is 1.68 bits per heavy atom. The maximum atomic E-state index is 12.5. The van der Waals surface area contributed by atoms with Crippen molar-refractivity contribution in [3.8, 4) is 11.3 Å². The molecule has 0 aliphatic rings. The molecule has 4 rings (SSSR count). The van der Waals surface area contributed by atoms with Gasteiger partial charge in [0, 0.05) is 17.8 Å². The molecule has 0 aliphatic heterocycles. The number of amides is 1. The first-order chi connectivity index (χ1) is 13.6. The predicted octanol–water partition coefficient (Wildman–Crippen LogP) is 4.19. The third-order valence-corrected chi connectivity index (χ3v) is 4.52. The summed E-state index contributed by atoms with van der Waals surface area (Å²) in [5.41, 5.74) is 5.64. The third kappa shape index (κ3) is 4.01. The van der Waals surface area contributed by atoms with Crippen molar-refractivity contribution < 1.29 is 4.79 Å². The second-order valence-electron chi connectivity index (χ2n) is 6.87. The molecule has 28 heavy (non-hydrogen) atoms. The molecule has 0 saturated carbocycles. The van der Waals surface area contributed by atoms with Crippen LogP contribution >= 0.6 is 0 Å². The minimum absolute atomic E-state index is 0.272. The van der Waals surface area contributed by atoms with Crippen LogP contribution in [0.5, 0.6) is 0 Å². The van der Waals surface area contributed by atoms with Crippen LogP contribution in [0.2, 0.25) is 0 Å². The van der Waals surface area contributed by atoms with E-state index in [1.807, 2.05) is 37.4 Å². The van der Waals surface area contributed by atoms with Crippen molar-refractivity contribution in [2.75, 3.05) is 5.32 Å². The number of nitrogens with one attached hydrogen (secondary N) is 2. The minimum atomic E-state index is -0.272. The first kappa shape index (κ1) is 17.7. The Hall–Kier alpha value is -3.67. The quantitative estimate of drug-likeness (QED) is 0.552.